The van der Waals surface area contributed by atoms with Crippen LogP contribution in [0.2, 0.25) is 0 Å². The summed E-state index contributed by atoms with van der Waals surface area (Å²) in [5.74, 6) is 0.136. The maximum Gasteiger partial charge on any atom is 0.310 e. The Morgan fingerprint density at radius 2 is 1.86 bits per heavy atom. The second-order valence-electron chi connectivity index (χ2n) is 10.4. The first-order valence-electron chi connectivity index (χ1n) is 12.6. The molecule has 0 spiro atoms. The number of carbonyl (C=O) groups excluding carboxylic acids is 1. The number of aromatic nitrogens is 1. The van der Waals surface area contributed by atoms with Crippen molar-refractivity contribution in [3.05, 3.63) is 70.7 Å². The smallest absolute Gasteiger partial charge is 0.310 e. The average molecular weight is 504 g/mol. The topological polar surface area (TPSA) is 68.7 Å². The van der Waals surface area contributed by atoms with E-state index in [1.54, 1.807) is 34.6 Å². The standard InChI is InChI=1S/C27H24FNO3.C4H10O/c1-4-31-23(30)14-20-16(3)26(28)21-13-15(2)5-6-18(21)25(20)19-7-8-22-24-17(10-12-32-22)9-11-29-27(19)24;1-4(2,3)5/h5-9,11,13H,4,10,12,14H2,1-3H3;5H,1-3H3. The fourth-order valence-corrected chi connectivity index (χ4v) is 4.73. The van der Waals surface area contributed by atoms with Gasteiger partial charge in [-0.3, -0.25) is 9.78 Å². The summed E-state index contributed by atoms with van der Waals surface area (Å²) in [5.41, 5.74) is 5.26. The predicted molar refractivity (Wildman–Crippen MR) is 146 cm³/mol. The third-order valence-corrected chi connectivity index (χ3v) is 6.23. The highest BCUT2D eigenvalue weighted by atomic mass is 19.1. The van der Waals surface area contributed by atoms with Crippen molar-refractivity contribution in [2.45, 2.75) is 60.0 Å². The predicted octanol–water partition coefficient (Wildman–Crippen LogP) is 6.63. The van der Waals surface area contributed by atoms with Crippen LogP contribution in [-0.2, 0) is 22.4 Å². The third-order valence-electron chi connectivity index (χ3n) is 6.23. The fourth-order valence-electron chi connectivity index (χ4n) is 4.73. The van der Waals surface area contributed by atoms with Crippen LogP contribution in [0, 0.1) is 19.7 Å². The van der Waals surface area contributed by atoms with E-state index in [1.165, 1.54) is 5.56 Å². The molecule has 0 saturated carbocycles. The number of hydrogen-bond donors (Lipinski definition) is 1. The lowest BCUT2D eigenvalue weighted by molar-refractivity contribution is -0.142. The molecule has 0 bridgehead atoms. The number of rotatable bonds is 4. The van der Waals surface area contributed by atoms with Gasteiger partial charge in [0.25, 0.3) is 0 Å². The molecule has 4 aromatic rings. The zero-order chi connectivity index (χ0) is 26.9. The molecule has 2 heterocycles. The van der Waals surface area contributed by atoms with Gasteiger partial charge in [-0.05, 0) is 93.4 Å². The highest BCUT2D eigenvalue weighted by molar-refractivity contribution is 6.08. The molecule has 1 aliphatic heterocycles. The van der Waals surface area contributed by atoms with Crippen LogP contribution >= 0.6 is 0 Å². The van der Waals surface area contributed by atoms with E-state index in [0.717, 1.165) is 45.1 Å². The van der Waals surface area contributed by atoms with Crippen molar-refractivity contribution in [3.8, 4) is 16.9 Å². The van der Waals surface area contributed by atoms with Crippen LogP contribution in [-0.4, -0.2) is 34.9 Å². The number of fused-ring (bicyclic) bond motifs is 1. The minimum Gasteiger partial charge on any atom is -0.493 e. The minimum atomic E-state index is -0.500. The van der Waals surface area contributed by atoms with Gasteiger partial charge < -0.3 is 14.6 Å². The van der Waals surface area contributed by atoms with E-state index in [0.29, 0.717) is 23.1 Å². The SMILES string of the molecule is CC(C)(C)O.CCOC(=O)Cc1c(C)c(F)c2cc(C)ccc2c1-c1ccc2c3c(ccnc13)CCO2. The van der Waals surface area contributed by atoms with Crippen molar-refractivity contribution < 1.29 is 23.8 Å². The highest BCUT2D eigenvalue weighted by Crippen LogP contribution is 2.43. The van der Waals surface area contributed by atoms with Gasteiger partial charge in [0.1, 0.15) is 11.6 Å². The van der Waals surface area contributed by atoms with E-state index in [9.17, 15) is 4.79 Å². The zero-order valence-corrected chi connectivity index (χ0v) is 22.4. The van der Waals surface area contributed by atoms with Crippen molar-refractivity contribution in [3.63, 3.8) is 0 Å². The number of carbonyl (C=O) groups is 1. The molecule has 0 fully saturated rings. The largest absolute Gasteiger partial charge is 0.493 e. The molecule has 6 heteroatoms. The Morgan fingerprint density at radius 3 is 2.57 bits per heavy atom. The summed E-state index contributed by atoms with van der Waals surface area (Å²) in [6.45, 7) is 11.6. The van der Waals surface area contributed by atoms with Gasteiger partial charge in [0.05, 0.1) is 30.8 Å². The van der Waals surface area contributed by atoms with E-state index < -0.39 is 5.60 Å². The summed E-state index contributed by atoms with van der Waals surface area (Å²) < 4.78 is 26.6. The molecule has 3 aromatic carbocycles. The minimum absolute atomic E-state index is 0.00478. The zero-order valence-electron chi connectivity index (χ0n) is 22.4. The summed E-state index contributed by atoms with van der Waals surface area (Å²) in [4.78, 5) is 17.2. The van der Waals surface area contributed by atoms with E-state index >= 15 is 4.39 Å². The molecule has 0 atom stereocenters. The van der Waals surface area contributed by atoms with Crippen LogP contribution in [0.3, 0.4) is 0 Å². The van der Waals surface area contributed by atoms with Crippen LogP contribution in [0.5, 0.6) is 5.75 Å². The van der Waals surface area contributed by atoms with Crippen molar-refractivity contribution in [1.82, 2.24) is 4.98 Å². The number of halogens is 1. The number of esters is 1. The van der Waals surface area contributed by atoms with E-state index in [2.05, 4.69) is 0 Å². The maximum absolute atomic E-state index is 15.5. The Bertz CT molecular complexity index is 1470. The van der Waals surface area contributed by atoms with Gasteiger partial charge in [-0.15, -0.1) is 0 Å². The van der Waals surface area contributed by atoms with Crippen LogP contribution in [0.25, 0.3) is 32.8 Å². The van der Waals surface area contributed by atoms with Crippen LogP contribution < -0.4 is 4.74 Å². The molecule has 1 aliphatic rings. The third kappa shape index (κ3) is 5.59. The molecule has 0 saturated heterocycles. The van der Waals surface area contributed by atoms with Crippen molar-refractivity contribution in [1.29, 1.82) is 0 Å². The van der Waals surface area contributed by atoms with Gasteiger partial charge >= 0.3 is 5.97 Å². The summed E-state index contributed by atoms with van der Waals surface area (Å²) in [6, 6.07) is 11.7. The van der Waals surface area contributed by atoms with E-state index in [-0.39, 0.29) is 24.8 Å². The molecular formula is C31H34FNO4. The Labute approximate surface area is 217 Å². The lowest BCUT2D eigenvalue weighted by Gasteiger charge is -2.22. The monoisotopic (exact) mass is 503 g/mol. The highest BCUT2D eigenvalue weighted by Gasteiger charge is 2.24. The summed E-state index contributed by atoms with van der Waals surface area (Å²) in [7, 11) is 0. The number of aliphatic hydroxyl groups is 1. The number of benzene rings is 3. The number of hydrogen-bond acceptors (Lipinski definition) is 5. The average Bonchev–Trinajstić information content (AvgIpc) is 2.83. The summed E-state index contributed by atoms with van der Waals surface area (Å²) in [5, 5.41) is 10.8. The van der Waals surface area contributed by atoms with Crippen LogP contribution in [0.15, 0.2) is 42.6 Å². The molecule has 1 N–H and O–H groups in total. The quantitative estimate of drug-likeness (QED) is 0.317. The number of aryl methyl sites for hydroxylation is 1. The van der Waals surface area contributed by atoms with Gasteiger partial charge in [-0.25, -0.2) is 4.39 Å². The van der Waals surface area contributed by atoms with E-state index in [1.807, 2.05) is 49.5 Å². The normalized spacial score (nSPS) is 12.6. The molecule has 0 amide bonds. The molecule has 0 aliphatic carbocycles. The van der Waals surface area contributed by atoms with Crippen LogP contribution in [0.4, 0.5) is 4.39 Å². The second kappa shape index (κ2) is 10.5. The molecular weight excluding hydrogens is 469 g/mol. The van der Waals surface area contributed by atoms with Crippen molar-refractivity contribution in [2.75, 3.05) is 13.2 Å². The molecule has 5 nitrogen and oxygen atoms in total. The van der Waals surface area contributed by atoms with Gasteiger partial charge in [0.2, 0.25) is 0 Å². The van der Waals surface area contributed by atoms with Crippen molar-refractivity contribution >= 4 is 27.6 Å². The lowest BCUT2D eigenvalue weighted by Crippen LogP contribution is -2.12. The Kier molecular flexibility index (Phi) is 7.51. The first kappa shape index (κ1) is 26.6. The first-order valence-corrected chi connectivity index (χ1v) is 12.6. The molecule has 0 unspecified atom stereocenters. The fraction of sp³-hybridized carbons (Fsp3) is 0.355. The molecule has 5 rings (SSSR count). The maximum atomic E-state index is 15.5. The van der Waals surface area contributed by atoms with Crippen LogP contribution in [0.1, 0.15) is 49.9 Å². The van der Waals surface area contributed by atoms with Crippen molar-refractivity contribution in [2.24, 2.45) is 0 Å². The first-order chi connectivity index (χ1) is 17.5. The summed E-state index contributed by atoms with van der Waals surface area (Å²) >= 11 is 0. The Hall–Kier alpha value is -3.51. The number of nitrogens with zero attached hydrogens (tertiary/aromatic N) is 1. The van der Waals surface area contributed by atoms with Gasteiger partial charge in [-0.2, -0.15) is 0 Å². The number of pyridine rings is 1. The molecule has 0 radical (unpaired) electrons. The van der Waals surface area contributed by atoms with Gasteiger partial charge in [-0.1, -0.05) is 17.7 Å². The molecule has 1 aromatic heterocycles. The van der Waals surface area contributed by atoms with E-state index in [4.69, 9.17) is 19.6 Å². The lowest BCUT2D eigenvalue weighted by atomic mass is 9.86. The summed E-state index contributed by atoms with van der Waals surface area (Å²) in [6.07, 6.45) is 2.62. The number of ether oxygens (including phenoxy) is 2. The molecule has 37 heavy (non-hydrogen) atoms. The molecule has 194 valence electrons. The second-order valence-corrected chi connectivity index (χ2v) is 10.4. The van der Waals surface area contributed by atoms with Gasteiger partial charge in [0.15, 0.2) is 0 Å². The Morgan fingerprint density at radius 1 is 1.14 bits per heavy atom. The Balaban J connectivity index is 0.000000586. The van der Waals surface area contributed by atoms with Gasteiger partial charge in [0, 0.05) is 29.0 Å².